The molecule has 0 spiro atoms. The molecule has 3 nitrogen and oxygen atoms in total. The lowest BCUT2D eigenvalue weighted by Gasteiger charge is -2.32. The number of hydrogen-bond donors (Lipinski definition) is 2. The highest BCUT2D eigenvalue weighted by Gasteiger charge is 2.23. The third kappa shape index (κ3) is 7.74. The summed E-state index contributed by atoms with van der Waals surface area (Å²) in [4.78, 5) is 2.37. The zero-order valence-electron chi connectivity index (χ0n) is 12.4. The van der Waals surface area contributed by atoms with E-state index in [1.54, 1.807) is 0 Å². The quantitative estimate of drug-likeness (QED) is 0.652. The highest BCUT2D eigenvalue weighted by molar-refractivity contribution is 4.80. The molecular weight excluding hydrogens is 212 g/mol. The van der Waals surface area contributed by atoms with Crippen molar-refractivity contribution >= 4 is 0 Å². The fraction of sp³-hybridized carbons (Fsp3) is 1.00. The van der Waals surface area contributed by atoms with Gasteiger partial charge in [0.05, 0.1) is 6.61 Å². The molecule has 3 heteroatoms. The van der Waals surface area contributed by atoms with Crippen molar-refractivity contribution in [3.63, 3.8) is 0 Å². The minimum Gasteiger partial charge on any atom is -0.395 e. The molecule has 0 heterocycles. The Morgan fingerprint density at radius 2 is 1.82 bits per heavy atom. The second kappa shape index (κ2) is 8.90. The number of nitrogens with one attached hydrogen (secondary N) is 1. The summed E-state index contributed by atoms with van der Waals surface area (Å²) in [5.41, 5.74) is 0.296. The Kier molecular flexibility index (Phi) is 8.83. The van der Waals surface area contributed by atoms with Crippen molar-refractivity contribution in [3.8, 4) is 0 Å². The first-order valence-electron chi connectivity index (χ1n) is 6.96. The third-order valence-electron chi connectivity index (χ3n) is 3.37. The van der Waals surface area contributed by atoms with Gasteiger partial charge in [-0.25, -0.2) is 0 Å². The lowest BCUT2D eigenvalue weighted by molar-refractivity contribution is 0.172. The molecule has 0 saturated carbocycles. The molecule has 0 aliphatic carbocycles. The Morgan fingerprint density at radius 3 is 2.24 bits per heavy atom. The number of rotatable bonds is 9. The fourth-order valence-corrected chi connectivity index (χ4v) is 2.18. The molecule has 104 valence electrons. The van der Waals surface area contributed by atoms with E-state index in [4.69, 9.17) is 5.11 Å². The molecule has 0 aromatic carbocycles. The van der Waals surface area contributed by atoms with E-state index in [-0.39, 0.29) is 6.61 Å². The van der Waals surface area contributed by atoms with E-state index < -0.39 is 0 Å². The smallest absolute Gasteiger partial charge is 0.0558 e. The summed E-state index contributed by atoms with van der Waals surface area (Å²) < 4.78 is 0. The van der Waals surface area contributed by atoms with Crippen molar-refractivity contribution in [2.45, 2.75) is 53.0 Å². The average molecular weight is 244 g/mol. The fourth-order valence-electron chi connectivity index (χ4n) is 2.18. The standard InChI is InChI=1S/C14H32N2O/c1-6-7-9-16(11-12-17)10-8-13(15-5)14(2,3)4/h13,15,17H,6-12H2,1-5H3. The van der Waals surface area contributed by atoms with Gasteiger partial charge < -0.3 is 15.3 Å². The van der Waals surface area contributed by atoms with Crippen LogP contribution in [0.1, 0.15) is 47.0 Å². The molecule has 0 amide bonds. The van der Waals surface area contributed by atoms with Gasteiger partial charge in [0, 0.05) is 12.6 Å². The summed E-state index contributed by atoms with van der Waals surface area (Å²) in [5.74, 6) is 0. The predicted octanol–water partition coefficient (Wildman–Crippen LogP) is 2.10. The molecule has 1 atom stereocenters. The molecule has 0 saturated heterocycles. The molecule has 2 N–H and O–H groups in total. The van der Waals surface area contributed by atoms with Crippen LogP contribution in [0.4, 0.5) is 0 Å². The molecule has 0 aliphatic heterocycles. The summed E-state index contributed by atoms with van der Waals surface area (Å²) in [5, 5.41) is 12.5. The van der Waals surface area contributed by atoms with Gasteiger partial charge in [-0.05, 0) is 38.4 Å². The minimum atomic E-state index is 0.267. The highest BCUT2D eigenvalue weighted by atomic mass is 16.3. The molecule has 1 unspecified atom stereocenters. The Balaban J connectivity index is 4.08. The average Bonchev–Trinajstić information content (AvgIpc) is 2.24. The minimum absolute atomic E-state index is 0.267. The van der Waals surface area contributed by atoms with E-state index in [1.165, 1.54) is 12.8 Å². The number of aliphatic hydroxyl groups is 1. The van der Waals surface area contributed by atoms with E-state index in [1.807, 2.05) is 7.05 Å². The van der Waals surface area contributed by atoms with Crippen LogP contribution in [0.2, 0.25) is 0 Å². The number of hydrogen-bond acceptors (Lipinski definition) is 3. The predicted molar refractivity (Wildman–Crippen MR) is 75.4 cm³/mol. The second-order valence-electron chi connectivity index (χ2n) is 5.91. The number of aliphatic hydroxyl groups excluding tert-OH is 1. The molecule has 17 heavy (non-hydrogen) atoms. The van der Waals surface area contributed by atoms with Gasteiger partial charge in [-0.3, -0.25) is 0 Å². The van der Waals surface area contributed by atoms with E-state index in [2.05, 4.69) is 37.9 Å². The summed E-state index contributed by atoms with van der Waals surface area (Å²) in [6.07, 6.45) is 3.58. The van der Waals surface area contributed by atoms with Gasteiger partial charge >= 0.3 is 0 Å². The third-order valence-corrected chi connectivity index (χ3v) is 3.37. The van der Waals surface area contributed by atoms with Gasteiger partial charge in [-0.2, -0.15) is 0 Å². The van der Waals surface area contributed by atoms with Crippen LogP contribution in [0.25, 0.3) is 0 Å². The molecule has 0 aromatic heterocycles. The van der Waals surface area contributed by atoms with Gasteiger partial charge in [-0.1, -0.05) is 34.1 Å². The van der Waals surface area contributed by atoms with Crippen LogP contribution in [0.3, 0.4) is 0 Å². The van der Waals surface area contributed by atoms with Crippen molar-refractivity contribution in [1.29, 1.82) is 0 Å². The van der Waals surface area contributed by atoms with Gasteiger partial charge in [0.2, 0.25) is 0 Å². The molecule has 0 aliphatic rings. The first-order valence-corrected chi connectivity index (χ1v) is 6.96. The SMILES string of the molecule is CCCCN(CCO)CCC(NC)C(C)(C)C. The Labute approximate surface area is 108 Å². The normalized spacial score (nSPS) is 14.3. The maximum atomic E-state index is 9.06. The molecule has 0 aromatic rings. The number of nitrogens with zero attached hydrogens (tertiary/aromatic N) is 1. The first kappa shape index (κ1) is 16.9. The maximum Gasteiger partial charge on any atom is 0.0558 e. The zero-order valence-corrected chi connectivity index (χ0v) is 12.4. The van der Waals surface area contributed by atoms with Gasteiger partial charge in [-0.15, -0.1) is 0 Å². The first-order chi connectivity index (χ1) is 7.95. The molecule has 0 fully saturated rings. The van der Waals surface area contributed by atoms with Crippen molar-refractivity contribution in [2.24, 2.45) is 5.41 Å². The van der Waals surface area contributed by atoms with Crippen molar-refractivity contribution < 1.29 is 5.11 Å². The largest absolute Gasteiger partial charge is 0.395 e. The summed E-state index contributed by atoms with van der Waals surface area (Å²) in [6.45, 7) is 12.3. The Morgan fingerprint density at radius 1 is 1.18 bits per heavy atom. The topological polar surface area (TPSA) is 35.5 Å². The van der Waals surface area contributed by atoms with Crippen LogP contribution in [0, 0.1) is 5.41 Å². The van der Waals surface area contributed by atoms with Crippen molar-refractivity contribution in [3.05, 3.63) is 0 Å². The molecule has 0 radical (unpaired) electrons. The van der Waals surface area contributed by atoms with Gasteiger partial charge in [0.15, 0.2) is 0 Å². The summed E-state index contributed by atoms with van der Waals surface area (Å²) in [7, 11) is 2.04. The van der Waals surface area contributed by atoms with Crippen LogP contribution >= 0.6 is 0 Å². The number of unbranched alkanes of at least 4 members (excludes halogenated alkanes) is 1. The van der Waals surface area contributed by atoms with Crippen molar-refractivity contribution in [2.75, 3.05) is 33.3 Å². The Bertz CT molecular complexity index is 178. The van der Waals surface area contributed by atoms with E-state index >= 15 is 0 Å². The monoisotopic (exact) mass is 244 g/mol. The molecule has 0 bridgehead atoms. The maximum absolute atomic E-state index is 9.06. The highest BCUT2D eigenvalue weighted by Crippen LogP contribution is 2.21. The van der Waals surface area contributed by atoms with Crippen LogP contribution in [0.5, 0.6) is 0 Å². The van der Waals surface area contributed by atoms with Gasteiger partial charge in [0.25, 0.3) is 0 Å². The van der Waals surface area contributed by atoms with E-state index in [9.17, 15) is 0 Å². The summed E-state index contributed by atoms with van der Waals surface area (Å²) >= 11 is 0. The lowest BCUT2D eigenvalue weighted by atomic mass is 9.85. The Hall–Kier alpha value is -0.120. The van der Waals surface area contributed by atoms with Crippen LogP contribution in [0.15, 0.2) is 0 Å². The van der Waals surface area contributed by atoms with Crippen LogP contribution in [-0.4, -0.2) is 49.3 Å². The van der Waals surface area contributed by atoms with E-state index in [0.717, 1.165) is 26.1 Å². The lowest BCUT2D eigenvalue weighted by Crippen LogP contribution is -2.41. The van der Waals surface area contributed by atoms with Crippen LogP contribution in [-0.2, 0) is 0 Å². The van der Waals surface area contributed by atoms with Gasteiger partial charge in [0.1, 0.15) is 0 Å². The summed E-state index contributed by atoms with van der Waals surface area (Å²) in [6, 6.07) is 0.533. The second-order valence-corrected chi connectivity index (χ2v) is 5.91. The zero-order chi connectivity index (χ0) is 13.3. The van der Waals surface area contributed by atoms with Crippen LogP contribution < -0.4 is 5.32 Å². The molecular formula is C14H32N2O. The molecule has 0 rings (SSSR count). The van der Waals surface area contributed by atoms with Crippen molar-refractivity contribution in [1.82, 2.24) is 10.2 Å². The van der Waals surface area contributed by atoms with E-state index in [0.29, 0.717) is 11.5 Å².